The summed E-state index contributed by atoms with van der Waals surface area (Å²) in [5, 5.41) is 14.7. The first-order chi connectivity index (χ1) is 12.2. The molecular formula is C22H18N2O. The van der Waals surface area contributed by atoms with Gasteiger partial charge in [-0.3, -0.25) is 0 Å². The van der Waals surface area contributed by atoms with Crippen LogP contribution in [0.2, 0.25) is 0 Å². The standard InChI is InChI=1S/C22H18N2O/c1-16-21(18-11-8-14-20(25)15-18)22(17-9-4-2-5-10-17)24(23-16)19-12-6-3-7-13-19/h2-15,25H,1H3. The number of phenolic OH excluding ortho intramolecular Hbond substituents is 1. The molecule has 3 aromatic carbocycles. The molecule has 4 aromatic rings. The quantitative estimate of drug-likeness (QED) is 0.560. The molecule has 4 rings (SSSR count). The van der Waals surface area contributed by atoms with Crippen LogP contribution in [0.1, 0.15) is 5.69 Å². The molecule has 1 N–H and O–H groups in total. The molecule has 1 heterocycles. The maximum atomic E-state index is 9.92. The molecule has 3 heteroatoms. The molecule has 0 aliphatic rings. The predicted molar refractivity (Wildman–Crippen MR) is 101 cm³/mol. The normalized spacial score (nSPS) is 10.8. The van der Waals surface area contributed by atoms with Crippen molar-refractivity contribution in [2.24, 2.45) is 0 Å². The fourth-order valence-corrected chi connectivity index (χ4v) is 3.15. The van der Waals surface area contributed by atoms with E-state index in [1.807, 2.05) is 72.3 Å². The minimum Gasteiger partial charge on any atom is -0.508 e. The average molecular weight is 326 g/mol. The van der Waals surface area contributed by atoms with Gasteiger partial charge < -0.3 is 5.11 Å². The number of aryl methyl sites for hydroxylation is 1. The highest BCUT2D eigenvalue weighted by Crippen LogP contribution is 2.37. The van der Waals surface area contributed by atoms with Gasteiger partial charge in [-0.15, -0.1) is 0 Å². The molecule has 0 spiro atoms. The Kier molecular flexibility index (Phi) is 3.82. The van der Waals surface area contributed by atoms with Crippen LogP contribution in [0.3, 0.4) is 0 Å². The Labute approximate surface area is 146 Å². The molecule has 1 aromatic heterocycles. The van der Waals surface area contributed by atoms with Crippen molar-refractivity contribution in [1.29, 1.82) is 0 Å². The summed E-state index contributed by atoms with van der Waals surface area (Å²) in [6.45, 7) is 2.01. The van der Waals surface area contributed by atoms with Gasteiger partial charge in [0.05, 0.1) is 17.1 Å². The van der Waals surface area contributed by atoms with Gasteiger partial charge in [-0.05, 0) is 36.8 Å². The summed E-state index contributed by atoms with van der Waals surface area (Å²) in [4.78, 5) is 0. The fraction of sp³-hybridized carbons (Fsp3) is 0.0455. The van der Waals surface area contributed by atoms with Gasteiger partial charge >= 0.3 is 0 Å². The van der Waals surface area contributed by atoms with E-state index in [2.05, 4.69) is 12.1 Å². The monoisotopic (exact) mass is 326 g/mol. The van der Waals surface area contributed by atoms with Gasteiger partial charge in [-0.1, -0.05) is 60.7 Å². The zero-order valence-electron chi connectivity index (χ0n) is 13.9. The van der Waals surface area contributed by atoms with Gasteiger partial charge in [-0.2, -0.15) is 5.10 Å². The maximum absolute atomic E-state index is 9.92. The molecule has 0 fully saturated rings. The summed E-state index contributed by atoms with van der Waals surface area (Å²) in [6.07, 6.45) is 0. The predicted octanol–water partition coefficient (Wildman–Crippen LogP) is 5.22. The van der Waals surface area contributed by atoms with E-state index in [-0.39, 0.29) is 5.75 Å². The van der Waals surface area contributed by atoms with Crippen LogP contribution in [0.5, 0.6) is 5.75 Å². The summed E-state index contributed by atoms with van der Waals surface area (Å²) < 4.78 is 1.98. The summed E-state index contributed by atoms with van der Waals surface area (Å²) >= 11 is 0. The molecule has 122 valence electrons. The Morgan fingerprint density at radius 2 is 1.40 bits per heavy atom. The average Bonchev–Trinajstić information content (AvgIpc) is 3.00. The number of rotatable bonds is 3. The van der Waals surface area contributed by atoms with Crippen molar-refractivity contribution >= 4 is 0 Å². The molecule has 0 saturated carbocycles. The number of hydrogen-bond acceptors (Lipinski definition) is 2. The maximum Gasteiger partial charge on any atom is 0.116 e. The molecule has 3 nitrogen and oxygen atoms in total. The molecule has 0 amide bonds. The van der Waals surface area contributed by atoms with Crippen LogP contribution < -0.4 is 0 Å². The first-order valence-electron chi connectivity index (χ1n) is 8.24. The number of phenols is 1. The third-order valence-electron chi connectivity index (χ3n) is 4.24. The third-order valence-corrected chi connectivity index (χ3v) is 4.24. The van der Waals surface area contributed by atoms with Crippen molar-refractivity contribution in [3.8, 4) is 33.8 Å². The van der Waals surface area contributed by atoms with E-state index in [9.17, 15) is 5.11 Å². The van der Waals surface area contributed by atoms with Gasteiger partial charge in [-0.25, -0.2) is 4.68 Å². The van der Waals surface area contributed by atoms with E-state index in [0.29, 0.717) is 0 Å². The van der Waals surface area contributed by atoms with Gasteiger partial charge in [0.2, 0.25) is 0 Å². The van der Waals surface area contributed by atoms with Crippen LogP contribution in [0.25, 0.3) is 28.1 Å². The van der Waals surface area contributed by atoms with Crippen molar-refractivity contribution < 1.29 is 5.11 Å². The first kappa shape index (κ1) is 15.2. The Morgan fingerprint density at radius 3 is 2.08 bits per heavy atom. The van der Waals surface area contributed by atoms with Crippen LogP contribution in [0.4, 0.5) is 0 Å². The van der Waals surface area contributed by atoms with E-state index in [1.54, 1.807) is 12.1 Å². The van der Waals surface area contributed by atoms with Crippen molar-refractivity contribution in [1.82, 2.24) is 9.78 Å². The van der Waals surface area contributed by atoms with Gasteiger partial charge in [0, 0.05) is 11.1 Å². The lowest BCUT2D eigenvalue weighted by atomic mass is 9.99. The number of para-hydroxylation sites is 1. The zero-order valence-corrected chi connectivity index (χ0v) is 13.9. The molecule has 0 atom stereocenters. The second-order valence-corrected chi connectivity index (χ2v) is 5.97. The van der Waals surface area contributed by atoms with Crippen molar-refractivity contribution in [2.75, 3.05) is 0 Å². The highest BCUT2D eigenvalue weighted by Gasteiger charge is 2.19. The van der Waals surface area contributed by atoms with Crippen molar-refractivity contribution in [3.63, 3.8) is 0 Å². The second-order valence-electron chi connectivity index (χ2n) is 5.97. The molecular weight excluding hydrogens is 308 g/mol. The molecule has 25 heavy (non-hydrogen) atoms. The highest BCUT2D eigenvalue weighted by atomic mass is 16.3. The van der Waals surface area contributed by atoms with E-state index in [1.165, 1.54) is 0 Å². The summed E-state index contributed by atoms with van der Waals surface area (Å²) in [5.41, 5.74) is 6.04. The summed E-state index contributed by atoms with van der Waals surface area (Å²) in [5.74, 6) is 0.253. The Balaban J connectivity index is 2.03. The highest BCUT2D eigenvalue weighted by molar-refractivity contribution is 5.84. The lowest BCUT2D eigenvalue weighted by Gasteiger charge is -2.11. The molecule has 0 radical (unpaired) electrons. The largest absolute Gasteiger partial charge is 0.508 e. The Hall–Kier alpha value is -3.33. The molecule has 0 aliphatic carbocycles. The summed E-state index contributed by atoms with van der Waals surface area (Å²) in [6, 6.07) is 27.7. The first-order valence-corrected chi connectivity index (χ1v) is 8.24. The van der Waals surface area contributed by atoms with Gasteiger partial charge in [0.1, 0.15) is 5.75 Å². The van der Waals surface area contributed by atoms with E-state index >= 15 is 0 Å². The SMILES string of the molecule is Cc1nn(-c2ccccc2)c(-c2ccccc2)c1-c1cccc(O)c1. The zero-order chi connectivity index (χ0) is 17.2. The lowest BCUT2D eigenvalue weighted by molar-refractivity contribution is 0.475. The van der Waals surface area contributed by atoms with Crippen LogP contribution in [-0.2, 0) is 0 Å². The van der Waals surface area contributed by atoms with Crippen LogP contribution in [-0.4, -0.2) is 14.9 Å². The Morgan fingerprint density at radius 1 is 0.760 bits per heavy atom. The van der Waals surface area contributed by atoms with Crippen molar-refractivity contribution in [2.45, 2.75) is 6.92 Å². The van der Waals surface area contributed by atoms with Crippen molar-refractivity contribution in [3.05, 3.63) is 90.6 Å². The van der Waals surface area contributed by atoms with Gasteiger partial charge in [0.15, 0.2) is 0 Å². The number of aromatic nitrogens is 2. The second kappa shape index (κ2) is 6.29. The van der Waals surface area contributed by atoms with Gasteiger partial charge in [0.25, 0.3) is 0 Å². The van der Waals surface area contributed by atoms with Crippen LogP contribution in [0, 0.1) is 6.92 Å². The topological polar surface area (TPSA) is 38.0 Å². The third kappa shape index (κ3) is 2.81. The van der Waals surface area contributed by atoms with E-state index < -0.39 is 0 Å². The van der Waals surface area contributed by atoms with E-state index in [0.717, 1.165) is 33.8 Å². The minimum atomic E-state index is 0.253. The number of nitrogens with zero attached hydrogens (tertiary/aromatic N) is 2. The van der Waals surface area contributed by atoms with Crippen LogP contribution >= 0.6 is 0 Å². The summed E-state index contributed by atoms with van der Waals surface area (Å²) in [7, 11) is 0. The van der Waals surface area contributed by atoms with Crippen LogP contribution in [0.15, 0.2) is 84.9 Å². The fourth-order valence-electron chi connectivity index (χ4n) is 3.15. The number of benzene rings is 3. The molecule has 0 bridgehead atoms. The van der Waals surface area contributed by atoms with E-state index in [4.69, 9.17) is 5.10 Å². The molecule has 0 unspecified atom stereocenters. The molecule has 0 aliphatic heterocycles. The lowest BCUT2D eigenvalue weighted by Crippen LogP contribution is -1.99. The minimum absolute atomic E-state index is 0.253. The smallest absolute Gasteiger partial charge is 0.116 e. The number of aromatic hydroxyl groups is 1. The molecule has 0 saturated heterocycles. The Bertz CT molecular complexity index is 1000. The number of hydrogen-bond donors (Lipinski definition) is 1.